The highest BCUT2D eigenvalue weighted by Gasteiger charge is 2.20. The van der Waals surface area contributed by atoms with E-state index in [4.69, 9.17) is 16.3 Å². The van der Waals surface area contributed by atoms with Crippen molar-refractivity contribution in [1.29, 1.82) is 0 Å². The fourth-order valence-electron chi connectivity index (χ4n) is 2.32. The first-order valence-electron chi connectivity index (χ1n) is 7.84. The molecule has 0 radical (unpaired) electrons. The number of aryl methyl sites for hydroxylation is 1. The zero-order valence-electron chi connectivity index (χ0n) is 14.4. The number of pyridine rings is 1. The lowest BCUT2D eigenvalue weighted by molar-refractivity contribution is 0.183. The molecule has 0 aromatic carbocycles. The van der Waals surface area contributed by atoms with Crippen LogP contribution in [0.2, 0.25) is 5.02 Å². The van der Waals surface area contributed by atoms with Gasteiger partial charge < -0.3 is 15.4 Å². The quantitative estimate of drug-likeness (QED) is 0.563. The number of hydrogen-bond acceptors (Lipinski definition) is 7. The Morgan fingerprint density at radius 1 is 1.26 bits per heavy atom. The lowest BCUT2D eigenvalue weighted by atomic mass is 10.2. The highest BCUT2D eigenvalue weighted by atomic mass is 35.5. The maximum Gasteiger partial charge on any atom is 0.225 e. The summed E-state index contributed by atoms with van der Waals surface area (Å²) in [5.74, 6) is -0.579. The van der Waals surface area contributed by atoms with Gasteiger partial charge in [0.05, 0.1) is 25.0 Å². The van der Waals surface area contributed by atoms with Crippen LogP contribution in [0.25, 0.3) is 0 Å². The Hall–Kier alpha value is -2.85. The maximum atomic E-state index is 14.1. The molecule has 3 heterocycles. The van der Waals surface area contributed by atoms with Gasteiger partial charge in [0.1, 0.15) is 22.4 Å². The zero-order valence-corrected chi connectivity index (χ0v) is 15.2. The summed E-state index contributed by atoms with van der Waals surface area (Å²) in [6.07, 6.45) is 2.31. The van der Waals surface area contributed by atoms with Crippen LogP contribution in [0.4, 0.5) is 26.4 Å². The molecular formula is C16H16ClF2N7O. The molecule has 3 N–H and O–H groups in total. The molecule has 3 aromatic rings. The summed E-state index contributed by atoms with van der Waals surface area (Å²) in [5, 5.41) is 13.0. The van der Waals surface area contributed by atoms with E-state index in [1.807, 2.05) is 6.92 Å². The molecule has 0 spiro atoms. The zero-order chi connectivity index (χ0) is 19.4. The molecule has 0 aliphatic rings. The number of rotatable bonds is 7. The smallest absolute Gasteiger partial charge is 0.225 e. The van der Waals surface area contributed by atoms with Crippen molar-refractivity contribution in [2.45, 2.75) is 13.0 Å². The van der Waals surface area contributed by atoms with Crippen molar-refractivity contribution in [1.82, 2.24) is 25.1 Å². The minimum absolute atomic E-state index is 0.0192. The monoisotopic (exact) mass is 395 g/mol. The number of nitrogens with one attached hydrogen (secondary N) is 3. The van der Waals surface area contributed by atoms with Gasteiger partial charge in [-0.3, -0.25) is 10.1 Å². The van der Waals surface area contributed by atoms with Gasteiger partial charge in [0.15, 0.2) is 11.6 Å². The van der Waals surface area contributed by atoms with Crippen molar-refractivity contribution < 1.29 is 13.5 Å². The van der Waals surface area contributed by atoms with E-state index < -0.39 is 17.7 Å². The van der Waals surface area contributed by atoms with Crippen molar-refractivity contribution >= 4 is 29.2 Å². The summed E-state index contributed by atoms with van der Waals surface area (Å²) < 4.78 is 32.3. The molecule has 0 saturated carbocycles. The third-order valence-corrected chi connectivity index (χ3v) is 3.78. The molecule has 0 bridgehead atoms. The topological polar surface area (TPSA) is 101 Å². The maximum absolute atomic E-state index is 14.1. The van der Waals surface area contributed by atoms with Gasteiger partial charge in [0.25, 0.3) is 0 Å². The molecule has 11 heteroatoms. The number of hydrogen-bond donors (Lipinski definition) is 3. The highest BCUT2D eigenvalue weighted by molar-refractivity contribution is 6.32. The number of H-pyrrole nitrogens is 1. The second-order valence-corrected chi connectivity index (χ2v) is 6.03. The molecule has 0 amide bonds. The molecule has 3 rings (SSSR count). The minimum Gasteiger partial charge on any atom is -0.382 e. The SMILES string of the molecule is COC[C@H](Nc1ncc(Cl)c(Nc2cc(C)[nH]n2)n1)c1ncc(F)cc1F. The molecule has 0 aliphatic carbocycles. The van der Waals surface area contributed by atoms with Gasteiger partial charge in [-0.15, -0.1) is 0 Å². The van der Waals surface area contributed by atoms with E-state index in [0.29, 0.717) is 11.6 Å². The van der Waals surface area contributed by atoms with Crippen LogP contribution in [0.5, 0.6) is 0 Å². The lowest BCUT2D eigenvalue weighted by Crippen LogP contribution is -2.20. The van der Waals surface area contributed by atoms with Crippen molar-refractivity contribution in [3.63, 3.8) is 0 Å². The summed E-state index contributed by atoms with van der Waals surface area (Å²) >= 11 is 6.12. The van der Waals surface area contributed by atoms with Gasteiger partial charge in [-0.2, -0.15) is 10.1 Å². The average molecular weight is 396 g/mol. The van der Waals surface area contributed by atoms with E-state index >= 15 is 0 Å². The molecule has 8 nitrogen and oxygen atoms in total. The molecule has 142 valence electrons. The summed E-state index contributed by atoms with van der Waals surface area (Å²) in [6, 6.07) is 1.79. The Morgan fingerprint density at radius 2 is 2.07 bits per heavy atom. The van der Waals surface area contributed by atoms with Gasteiger partial charge in [0, 0.05) is 24.9 Å². The predicted octanol–water partition coefficient (Wildman–Crippen LogP) is 3.38. The standard InChI is InChI=1S/C16H16ClF2N7O/c1-8-3-13(26-25-8)23-15-10(17)6-21-16(24-15)22-12(7-27-2)14-11(19)4-9(18)5-20-14/h3-6,12H,7H2,1-2H3,(H3,21,22,23,24,25,26)/t12-/m0/s1. The fourth-order valence-corrected chi connectivity index (χ4v) is 2.46. The van der Waals surface area contributed by atoms with E-state index in [1.54, 1.807) is 6.07 Å². The van der Waals surface area contributed by atoms with Crippen LogP contribution in [-0.2, 0) is 4.74 Å². The van der Waals surface area contributed by atoms with E-state index in [2.05, 4.69) is 35.8 Å². The minimum atomic E-state index is -0.802. The highest BCUT2D eigenvalue weighted by Crippen LogP contribution is 2.25. The Balaban J connectivity index is 1.84. The van der Waals surface area contributed by atoms with E-state index in [-0.39, 0.29) is 23.3 Å². The molecule has 0 unspecified atom stereocenters. The number of anilines is 3. The van der Waals surface area contributed by atoms with E-state index in [9.17, 15) is 8.78 Å². The van der Waals surface area contributed by atoms with Gasteiger partial charge in [0.2, 0.25) is 5.95 Å². The van der Waals surface area contributed by atoms with Crippen molar-refractivity contribution in [3.05, 3.63) is 52.6 Å². The van der Waals surface area contributed by atoms with Crippen LogP contribution in [0, 0.1) is 18.6 Å². The van der Waals surface area contributed by atoms with Gasteiger partial charge >= 0.3 is 0 Å². The molecule has 0 fully saturated rings. The lowest BCUT2D eigenvalue weighted by Gasteiger charge is -2.18. The third-order valence-electron chi connectivity index (χ3n) is 3.50. The Labute approximate surface area is 158 Å². The number of aromatic amines is 1. The van der Waals surface area contributed by atoms with Crippen LogP contribution in [0.1, 0.15) is 17.4 Å². The van der Waals surface area contributed by atoms with Crippen LogP contribution in [-0.4, -0.2) is 38.9 Å². The number of nitrogens with zero attached hydrogens (tertiary/aromatic N) is 4. The van der Waals surface area contributed by atoms with Crippen LogP contribution in [0.15, 0.2) is 24.5 Å². The third kappa shape index (κ3) is 4.66. The van der Waals surface area contributed by atoms with Crippen molar-refractivity contribution in [3.8, 4) is 0 Å². The first-order valence-corrected chi connectivity index (χ1v) is 8.22. The summed E-state index contributed by atoms with van der Waals surface area (Å²) in [6.45, 7) is 1.91. The Bertz CT molecular complexity index is 937. The Kier molecular flexibility index (Phi) is 5.77. The number of methoxy groups -OCH3 is 1. The number of halogens is 3. The normalized spacial score (nSPS) is 12.0. The predicted molar refractivity (Wildman–Crippen MR) is 96.0 cm³/mol. The molecule has 3 aromatic heterocycles. The summed E-state index contributed by atoms with van der Waals surface area (Å²) in [7, 11) is 1.45. The van der Waals surface area contributed by atoms with Crippen molar-refractivity contribution in [2.75, 3.05) is 24.4 Å². The van der Waals surface area contributed by atoms with Crippen molar-refractivity contribution in [2.24, 2.45) is 0 Å². The summed E-state index contributed by atoms with van der Waals surface area (Å²) in [5.41, 5.74) is 0.841. The summed E-state index contributed by atoms with van der Waals surface area (Å²) in [4.78, 5) is 12.2. The fraction of sp³-hybridized carbons (Fsp3) is 0.250. The van der Waals surface area contributed by atoms with Crippen LogP contribution >= 0.6 is 11.6 Å². The molecular weight excluding hydrogens is 380 g/mol. The number of aromatic nitrogens is 5. The Morgan fingerprint density at radius 3 is 2.74 bits per heavy atom. The van der Waals surface area contributed by atoms with Crippen LogP contribution < -0.4 is 10.6 Å². The first-order chi connectivity index (χ1) is 13.0. The first kappa shape index (κ1) is 18.9. The van der Waals surface area contributed by atoms with E-state index in [0.717, 1.165) is 18.0 Å². The van der Waals surface area contributed by atoms with Gasteiger partial charge in [-0.25, -0.2) is 13.8 Å². The average Bonchev–Trinajstić information content (AvgIpc) is 3.02. The van der Waals surface area contributed by atoms with Gasteiger partial charge in [-0.05, 0) is 6.92 Å². The van der Waals surface area contributed by atoms with E-state index in [1.165, 1.54) is 13.3 Å². The van der Waals surface area contributed by atoms with Gasteiger partial charge in [-0.1, -0.05) is 11.6 Å². The largest absolute Gasteiger partial charge is 0.382 e. The molecule has 0 saturated heterocycles. The molecule has 27 heavy (non-hydrogen) atoms. The molecule has 0 aliphatic heterocycles. The second kappa shape index (κ2) is 8.23. The van der Waals surface area contributed by atoms with Crippen LogP contribution in [0.3, 0.4) is 0 Å². The number of ether oxygens (including phenoxy) is 1. The molecule has 1 atom stereocenters. The second-order valence-electron chi connectivity index (χ2n) is 5.62.